The van der Waals surface area contributed by atoms with Crippen LogP contribution in [0.3, 0.4) is 0 Å². The van der Waals surface area contributed by atoms with Crippen molar-refractivity contribution in [3.8, 4) is 0 Å². The molecule has 2 nitrogen and oxygen atoms in total. The van der Waals surface area contributed by atoms with Gasteiger partial charge in [-0.05, 0) is 30.3 Å². The monoisotopic (exact) mass is 247 g/mol. The molecule has 15 heavy (non-hydrogen) atoms. The summed E-state index contributed by atoms with van der Waals surface area (Å²) < 4.78 is 6.49. The SMILES string of the molecule is CC(C)(C)[Si](C)(C)OC1(CN)CCSC1. The second-order valence-electron chi connectivity index (χ2n) is 6.05. The Bertz CT molecular complexity index is 219. The van der Waals surface area contributed by atoms with Crippen LogP contribution < -0.4 is 5.73 Å². The van der Waals surface area contributed by atoms with E-state index in [1.807, 2.05) is 11.8 Å². The topological polar surface area (TPSA) is 35.2 Å². The second kappa shape index (κ2) is 4.39. The first-order chi connectivity index (χ1) is 6.72. The standard InChI is InChI=1S/C11H25NOSSi/c1-10(2,3)15(4,5)13-11(8-12)6-7-14-9-11/h6-9,12H2,1-5H3. The van der Waals surface area contributed by atoms with E-state index < -0.39 is 8.32 Å². The average molecular weight is 247 g/mol. The lowest BCUT2D eigenvalue weighted by Crippen LogP contribution is -2.53. The van der Waals surface area contributed by atoms with Crippen molar-refractivity contribution in [2.24, 2.45) is 5.73 Å². The van der Waals surface area contributed by atoms with Gasteiger partial charge in [0.2, 0.25) is 0 Å². The molecule has 0 aromatic heterocycles. The molecule has 0 aromatic carbocycles. The highest BCUT2D eigenvalue weighted by atomic mass is 32.2. The Morgan fingerprint density at radius 2 is 2.00 bits per heavy atom. The predicted octanol–water partition coefficient (Wildman–Crippen LogP) is 2.84. The zero-order valence-electron chi connectivity index (χ0n) is 10.7. The molecule has 0 radical (unpaired) electrons. The number of rotatable bonds is 3. The molecule has 1 saturated heterocycles. The second-order valence-corrected chi connectivity index (χ2v) is 11.9. The van der Waals surface area contributed by atoms with Crippen LogP contribution in [0.2, 0.25) is 18.1 Å². The van der Waals surface area contributed by atoms with Gasteiger partial charge in [0.15, 0.2) is 8.32 Å². The molecule has 0 aromatic rings. The molecular formula is C11H25NOSSi. The fourth-order valence-electron chi connectivity index (χ4n) is 1.57. The van der Waals surface area contributed by atoms with Crippen LogP contribution in [0.15, 0.2) is 0 Å². The van der Waals surface area contributed by atoms with Gasteiger partial charge in [-0.3, -0.25) is 0 Å². The highest BCUT2D eigenvalue weighted by Gasteiger charge is 2.45. The Morgan fingerprint density at radius 1 is 1.40 bits per heavy atom. The van der Waals surface area contributed by atoms with Gasteiger partial charge in [-0.15, -0.1) is 0 Å². The summed E-state index contributed by atoms with van der Waals surface area (Å²) in [5.41, 5.74) is 5.88. The molecular weight excluding hydrogens is 222 g/mol. The third kappa shape index (κ3) is 2.99. The third-order valence-electron chi connectivity index (χ3n) is 3.72. The summed E-state index contributed by atoms with van der Waals surface area (Å²) in [5, 5.41) is 0.280. The molecule has 90 valence electrons. The molecule has 0 saturated carbocycles. The quantitative estimate of drug-likeness (QED) is 0.779. The van der Waals surface area contributed by atoms with E-state index >= 15 is 0 Å². The molecule has 1 heterocycles. The molecule has 4 heteroatoms. The minimum absolute atomic E-state index is 0.0202. The molecule has 1 aliphatic rings. The van der Waals surface area contributed by atoms with Gasteiger partial charge in [0.25, 0.3) is 0 Å². The molecule has 1 rings (SSSR count). The lowest BCUT2D eigenvalue weighted by molar-refractivity contribution is 0.0885. The van der Waals surface area contributed by atoms with E-state index in [1.165, 1.54) is 5.75 Å². The minimum Gasteiger partial charge on any atom is -0.409 e. The predicted molar refractivity (Wildman–Crippen MR) is 72.0 cm³/mol. The maximum absolute atomic E-state index is 6.49. The van der Waals surface area contributed by atoms with E-state index in [1.54, 1.807) is 0 Å². The van der Waals surface area contributed by atoms with Gasteiger partial charge >= 0.3 is 0 Å². The van der Waals surface area contributed by atoms with E-state index in [2.05, 4.69) is 33.9 Å². The maximum Gasteiger partial charge on any atom is 0.192 e. The van der Waals surface area contributed by atoms with Gasteiger partial charge in [0.05, 0.1) is 5.60 Å². The molecule has 1 fully saturated rings. The summed E-state index contributed by atoms with van der Waals surface area (Å²) in [7, 11) is -1.66. The lowest BCUT2D eigenvalue weighted by atomic mass is 10.1. The summed E-state index contributed by atoms with van der Waals surface area (Å²) in [4.78, 5) is 0. The Morgan fingerprint density at radius 3 is 2.33 bits per heavy atom. The first-order valence-electron chi connectivity index (χ1n) is 5.70. The van der Waals surface area contributed by atoms with Crippen LogP contribution in [0.4, 0.5) is 0 Å². The minimum atomic E-state index is -1.66. The molecule has 0 bridgehead atoms. The van der Waals surface area contributed by atoms with E-state index in [0.29, 0.717) is 6.54 Å². The van der Waals surface area contributed by atoms with E-state index in [-0.39, 0.29) is 10.6 Å². The summed E-state index contributed by atoms with van der Waals surface area (Å²) in [6.45, 7) is 12.1. The van der Waals surface area contributed by atoms with Gasteiger partial charge in [0.1, 0.15) is 0 Å². The van der Waals surface area contributed by atoms with Crippen LogP contribution in [0, 0.1) is 0 Å². The number of thioether (sulfide) groups is 1. The van der Waals surface area contributed by atoms with Crippen molar-refractivity contribution in [3.05, 3.63) is 0 Å². The number of hydrogen-bond donors (Lipinski definition) is 1. The van der Waals surface area contributed by atoms with Crippen molar-refractivity contribution >= 4 is 20.1 Å². The van der Waals surface area contributed by atoms with Gasteiger partial charge < -0.3 is 10.2 Å². The van der Waals surface area contributed by atoms with Crippen LogP contribution in [-0.4, -0.2) is 32.0 Å². The zero-order chi connectivity index (χ0) is 11.7. The van der Waals surface area contributed by atoms with E-state index in [9.17, 15) is 0 Å². The van der Waals surface area contributed by atoms with Crippen molar-refractivity contribution in [2.75, 3.05) is 18.1 Å². The normalized spacial score (nSPS) is 28.4. The zero-order valence-corrected chi connectivity index (χ0v) is 12.5. The Kier molecular flexibility index (Phi) is 3.97. The van der Waals surface area contributed by atoms with Crippen LogP contribution >= 0.6 is 11.8 Å². The lowest BCUT2D eigenvalue weighted by Gasteiger charge is -2.43. The Labute approximate surface area is 99.5 Å². The summed E-state index contributed by atoms with van der Waals surface area (Å²) in [5.74, 6) is 2.28. The van der Waals surface area contributed by atoms with Crippen molar-refractivity contribution in [2.45, 2.75) is 50.9 Å². The van der Waals surface area contributed by atoms with Crippen LogP contribution in [0.25, 0.3) is 0 Å². The molecule has 0 amide bonds. The van der Waals surface area contributed by atoms with Gasteiger partial charge in [0, 0.05) is 12.3 Å². The summed E-state index contributed by atoms with van der Waals surface area (Å²) >= 11 is 1.97. The molecule has 1 unspecified atom stereocenters. The third-order valence-corrected chi connectivity index (χ3v) is 9.50. The van der Waals surface area contributed by atoms with E-state index in [0.717, 1.165) is 12.2 Å². The highest BCUT2D eigenvalue weighted by Crippen LogP contribution is 2.42. The molecule has 1 atom stereocenters. The van der Waals surface area contributed by atoms with Gasteiger partial charge in [-0.2, -0.15) is 11.8 Å². The average Bonchev–Trinajstić information content (AvgIpc) is 2.51. The first-order valence-corrected chi connectivity index (χ1v) is 9.77. The van der Waals surface area contributed by atoms with Crippen molar-refractivity contribution in [3.63, 3.8) is 0 Å². The van der Waals surface area contributed by atoms with Crippen molar-refractivity contribution in [1.82, 2.24) is 0 Å². The Balaban J connectivity index is 2.74. The molecule has 2 N–H and O–H groups in total. The number of nitrogens with two attached hydrogens (primary N) is 1. The highest BCUT2D eigenvalue weighted by molar-refractivity contribution is 7.99. The van der Waals surface area contributed by atoms with Gasteiger partial charge in [-0.25, -0.2) is 0 Å². The largest absolute Gasteiger partial charge is 0.409 e. The van der Waals surface area contributed by atoms with Gasteiger partial charge in [-0.1, -0.05) is 20.8 Å². The van der Waals surface area contributed by atoms with Crippen molar-refractivity contribution < 1.29 is 4.43 Å². The summed E-state index contributed by atoms with van der Waals surface area (Å²) in [6, 6.07) is 0. The number of hydrogen-bond acceptors (Lipinski definition) is 3. The fourth-order valence-corrected chi connectivity index (χ4v) is 4.67. The first kappa shape index (κ1) is 13.6. The Hall–Kier alpha value is 0.487. The van der Waals surface area contributed by atoms with Crippen molar-refractivity contribution in [1.29, 1.82) is 0 Å². The molecule has 1 aliphatic heterocycles. The van der Waals surface area contributed by atoms with E-state index in [4.69, 9.17) is 10.2 Å². The maximum atomic E-state index is 6.49. The van der Waals surface area contributed by atoms with Crippen LogP contribution in [-0.2, 0) is 4.43 Å². The van der Waals surface area contributed by atoms with Crippen LogP contribution in [0.5, 0.6) is 0 Å². The molecule has 0 spiro atoms. The van der Waals surface area contributed by atoms with Crippen LogP contribution in [0.1, 0.15) is 27.2 Å². The summed E-state index contributed by atoms with van der Waals surface area (Å²) in [6.07, 6.45) is 1.13. The fraction of sp³-hybridized carbons (Fsp3) is 1.00. The smallest absolute Gasteiger partial charge is 0.192 e. The molecule has 0 aliphatic carbocycles.